The van der Waals surface area contributed by atoms with Crippen molar-refractivity contribution >= 4 is 53.3 Å². The summed E-state index contributed by atoms with van der Waals surface area (Å²) in [6.07, 6.45) is 0. The first-order valence-corrected chi connectivity index (χ1v) is 13.8. The Hall–Kier alpha value is -4.66. The van der Waals surface area contributed by atoms with Crippen LogP contribution in [0.2, 0.25) is 0 Å². The molecule has 0 N–H and O–H groups in total. The van der Waals surface area contributed by atoms with Gasteiger partial charge < -0.3 is 4.57 Å². The van der Waals surface area contributed by atoms with Crippen LogP contribution in [0.25, 0.3) is 69.9 Å². The molecule has 0 aliphatic heterocycles. The minimum absolute atomic E-state index is 1.18. The second kappa shape index (κ2) is 8.44. The summed E-state index contributed by atoms with van der Waals surface area (Å²) < 4.78 is 5.11. The molecule has 0 bridgehead atoms. The largest absolute Gasteiger partial charge is 0.309 e. The fourth-order valence-electron chi connectivity index (χ4n) is 5.85. The van der Waals surface area contributed by atoms with Gasteiger partial charge in [0.1, 0.15) is 0 Å². The molecule has 2 aromatic heterocycles. The average Bonchev–Trinajstić information content (AvgIpc) is 3.53. The summed E-state index contributed by atoms with van der Waals surface area (Å²) in [5.74, 6) is 0. The predicted octanol–water partition coefficient (Wildman–Crippen LogP) is 10.5. The van der Waals surface area contributed by atoms with E-state index >= 15 is 0 Å². The molecule has 0 radical (unpaired) electrons. The summed E-state index contributed by atoms with van der Waals surface area (Å²) in [7, 11) is 0. The second-order valence-electron chi connectivity index (χ2n) is 9.78. The number of aromatic nitrogens is 1. The zero-order valence-corrected chi connectivity index (χ0v) is 21.5. The first-order chi connectivity index (χ1) is 18.8. The van der Waals surface area contributed by atoms with E-state index in [4.69, 9.17) is 0 Å². The van der Waals surface area contributed by atoms with Crippen LogP contribution in [-0.4, -0.2) is 4.57 Å². The summed E-state index contributed by atoms with van der Waals surface area (Å²) in [6, 6.07) is 50.7. The molecule has 8 aromatic rings. The monoisotopic (exact) mass is 501 g/mol. The number of para-hydroxylation sites is 1. The van der Waals surface area contributed by atoms with Gasteiger partial charge in [-0.15, -0.1) is 11.3 Å². The number of fused-ring (bicyclic) bond motifs is 6. The smallest absolute Gasteiger partial charge is 0.0547 e. The van der Waals surface area contributed by atoms with E-state index in [0.29, 0.717) is 0 Å². The van der Waals surface area contributed by atoms with Gasteiger partial charge in [-0.3, -0.25) is 0 Å². The zero-order valence-electron chi connectivity index (χ0n) is 20.6. The molecule has 0 aliphatic carbocycles. The van der Waals surface area contributed by atoms with Crippen LogP contribution in [0, 0.1) is 0 Å². The van der Waals surface area contributed by atoms with Gasteiger partial charge in [0.05, 0.1) is 11.0 Å². The van der Waals surface area contributed by atoms with E-state index in [1.807, 2.05) is 11.3 Å². The fraction of sp³-hybridized carbons (Fsp3) is 0. The summed E-state index contributed by atoms with van der Waals surface area (Å²) in [5.41, 5.74) is 8.62. The Morgan fingerprint density at radius 1 is 0.421 bits per heavy atom. The topological polar surface area (TPSA) is 4.93 Å². The highest BCUT2D eigenvalue weighted by molar-refractivity contribution is 7.26. The number of benzene rings is 6. The number of thiophene rings is 1. The Morgan fingerprint density at radius 3 is 2.05 bits per heavy atom. The zero-order chi connectivity index (χ0) is 25.1. The number of hydrogen-bond donors (Lipinski definition) is 0. The summed E-state index contributed by atoms with van der Waals surface area (Å²) in [6.45, 7) is 0. The summed E-state index contributed by atoms with van der Waals surface area (Å²) >= 11 is 1.89. The van der Waals surface area contributed by atoms with E-state index in [-0.39, 0.29) is 0 Å². The van der Waals surface area contributed by atoms with Crippen molar-refractivity contribution < 1.29 is 0 Å². The van der Waals surface area contributed by atoms with Gasteiger partial charge >= 0.3 is 0 Å². The van der Waals surface area contributed by atoms with Crippen LogP contribution in [-0.2, 0) is 0 Å². The molecule has 178 valence electrons. The van der Waals surface area contributed by atoms with Gasteiger partial charge in [-0.25, -0.2) is 0 Å². The predicted molar refractivity (Wildman–Crippen MR) is 165 cm³/mol. The van der Waals surface area contributed by atoms with Crippen molar-refractivity contribution in [3.8, 4) is 27.9 Å². The molecule has 0 amide bonds. The van der Waals surface area contributed by atoms with Gasteiger partial charge in [0.2, 0.25) is 0 Å². The van der Waals surface area contributed by atoms with Crippen LogP contribution in [0.5, 0.6) is 0 Å². The number of rotatable bonds is 3. The van der Waals surface area contributed by atoms with Gasteiger partial charge in [-0.2, -0.15) is 0 Å². The lowest BCUT2D eigenvalue weighted by Crippen LogP contribution is -1.94. The average molecular weight is 502 g/mol. The van der Waals surface area contributed by atoms with Crippen molar-refractivity contribution in [2.45, 2.75) is 0 Å². The molecule has 0 saturated carbocycles. The van der Waals surface area contributed by atoms with Crippen LogP contribution in [0.15, 0.2) is 140 Å². The lowest BCUT2D eigenvalue weighted by Gasteiger charge is -2.11. The molecular weight excluding hydrogens is 478 g/mol. The van der Waals surface area contributed by atoms with Gasteiger partial charge in [0.25, 0.3) is 0 Å². The molecule has 38 heavy (non-hydrogen) atoms. The third-order valence-electron chi connectivity index (χ3n) is 7.60. The Balaban J connectivity index is 1.40. The standard InChI is InChI=1S/C36H23NS/c1-2-10-24(11-3-1)25-12-8-13-27(22-25)37-33-18-6-4-14-29(33)30-21-20-26(23-34(30)37)28-16-9-17-32-31-15-5-7-19-35(31)38-36(28)32/h1-23H. The molecule has 0 unspecified atom stereocenters. The molecule has 2 heterocycles. The van der Waals surface area contributed by atoms with Crippen LogP contribution in [0.3, 0.4) is 0 Å². The lowest BCUT2D eigenvalue weighted by molar-refractivity contribution is 1.18. The van der Waals surface area contributed by atoms with Crippen molar-refractivity contribution in [3.05, 3.63) is 140 Å². The highest BCUT2D eigenvalue weighted by Gasteiger charge is 2.15. The van der Waals surface area contributed by atoms with Crippen LogP contribution in [0.4, 0.5) is 0 Å². The minimum Gasteiger partial charge on any atom is -0.309 e. The summed E-state index contributed by atoms with van der Waals surface area (Å²) in [4.78, 5) is 0. The first kappa shape index (κ1) is 21.4. The molecule has 1 nitrogen and oxygen atoms in total. The second-order valence-corrected chi connectivity index (χ2v) is 10.8. The van der Waals surface area contributed by atoms with Crippen molar-refractivity contribution in [2.75, 3.05) is 0 Å². The third kappa shape index (κ3) is 3.24. The summed E-state index contributed by atoms with van der Waals surface area (Å²) in [5, 5.41) is 5.22. The van der Waals surface area contributed by atoms with Crippen LogP contribution < -0.4 is 0 Å². The maximum atomic E-state index is 2.42. The van der Waals surface area contributed by atoms with Crippen LogP contribution >= 0.6 is 11.3 Å². The Kier molecular flexibility index (Phi) is 4.76. The van der Waals surface area contributed by atoms with E-state index in [1.54, 1.807) is 0 Å². The maximum Gasteiger partial charge on any atom is 0.0547 e. The molecule has 8 rings (SSSR count). The molecule has 6 aromatic carbocycles. The quantitative estimate of drug-likeness (QED) is 0.227. The maximum absolute atomic E-state index is 2.42. The molecule has 0 atom stereocenters. The molecule has 0 fully saturated rings. The molecule has 0 aliphatic rings. The Labute approximate surface area is 224 Å². The van der Waals surface area contributed by atoms with E-state index in [0.717, 1.165) is 0 Å². The van der Waals surface area contributed by atoms with Gasteiger partial charge in [-0.05, 0) is 52.6 Å². The van der Waals surface area contributed by atoms with Gasteiger partial charge in [-0.1, -0.05) is 109 Å². The molecule has 0 saturated heterocycles. The van der Waals surface area contributed by atoms with E-state index < -0.39 is 0 Å². The third-order valence-corrected chi connectivity index (χ3v) is 8.82. The van der Waals surface area contributed by atoms with Crippen molar-refractivity contribution in [1.29, 1.82) is 0 Å². The first-order valence-electron chi connectivity index (χ1n) is 12.9. The fourth-order valence-corrected chi connectivity index (χ4v) is 7.08. The molecule has 0 spiro atoms. The SMILES string of the molecule is c1ccc(-c2cccc(-n3c4ccccc4c4ccc(-c5cccc6c5sc5ccccc56)cc43)c2)cc1. The van der Waals surface area contributed by atoms with Gasteiger partial charge in [0, 0.05) is 36.6 Å². The van der Waals surface area contributed by atoms with E-state index in [9.17, 15) is 0 Å². The number of nitrogens with zero attached hydrogens (tertiary/aromatic N) is 1. The van der Waals surface area contributed by atoms with Crippen molar-refractivity contribution in [1.82, 2.24) is 4.57 Å². The van der Waals surface area contributed by atoms with Gasteiger partial charge in [0.15, 0.2) is 0 Å². The normalized spacial score (nSPS) is 11.7. The number of hydrogen-bond acceptors (Lipinski definition) is 1. The van der Waals surface area contributed by atoms with E-state index in [2.05, 4.69) is 144 Å². The van der Waals surface area contributed by atoms with E-state index in [1.165, 1.54) is 69.9 Å². The Bertz CT molecular complexity index is 2130. The minimum atomic E-state index is 1.18. The highest BCUT2D eigenvalue weighted by Crippen LogP contribution is 2.41. The van der Waals surface area contributed by atoms with Crippen LogP contribution in [0.1, 0.15) is 0 Å². The molecule has 2 heteroatoms. The van der Waals surface area contributed by atoms with Crippen molar-refractivity contribution in [3.63, 3.8) is 0 Å². The van der Waals surface area contributed by atoms with Crippen molar-refractivity contribution in [2.24, 2.45) is 0 Å². The molecular formula is C36H23NS. The lowest BCUT2D eigenvalue weighted by atomic mass is 10.0. The highest BCUT2D eigenvalue weighted by atomic mass is 32.1. The Morgan fingerprint density at radius 2 is 1.13 bits per heavy atom.